The Morgan fingerprint density at radius 2 is 1.72 bits per heavy atom. The van der Waals surface area contributed by atoms with Crippen LogP contribution in [0.3, 0.4) is 0 Å². The lowest BCUT2D eigenvalue weighted by atomic mass is 9.87. The molecule has 2 N–H and O–H groups in total. The molecule has 1 saturated carbocycles. The lowest BCUT2D eigenvalue weighted by Crippen LogP contribution is -2.55. The number of carboxylic acid groups (broad SMARTS) is 1. The van der Waals surface area contributed by atoms with Gasteiger partial charge in [-0.3, -0.25) is 0 Å². The summed E-state index contributed by atoms with van der Waals surface area (Å²) in [6.45, 7) is 5.21. The van der Waals surface area contributed by atoms with Gasteiger partial charge in [0.05, 0.1) is 0 Å². The van der Waals surface area contributed by atoms with Gasteiger partial charge < -0.3 is 15.3 Å². The van der Waals surface area contributed by atoms with E-state index < -0.39 is 11.5 Å². The Kier molecular flexibility index (Phi) is 4.59. The van der Waals surface area contributed by atoms with Gasteiger partial charge in [0.1, 0.15) is 5.54 Å². The fraction of sp³-hybridized carbons (Fsp3) is 0.846. The van der Waals surface area contributed by atoms with Gasteiger partial charge in [-0.15, -0.1) is 0 Å². The molecular weight excluding hydrogens is 232 g/mol. The molecule has 1 aliphatic carbocycles. The molecule has 18 heavy (non-hydrogen) atoms. The lowest BCUT2D eigenvalue weighted by molar-refractivity contribution is -0.143. The highest BCUT2D eigenvalue weighted by atomic mass is 16.4. The lowest BCUT2D eigenvalue weighted by Gasteiger charge is -2.35. The van der Waals surface area contributed by atoms with Crippen LogP contribution in [-0.4, -0.2) is 40.6 Å². The van der Waals surface area contributed by atoms with Crippen LogP contribution in [0.2, 0.25) is 0 Å². The van der Waals surface area contributed by atoms with Crippen molar-refractivity contribution in [3.63, 3.8) is 0 Å². The summed E-state index contributed by atoms with van der Waals surface area (Å²) in [5.41, 5.74) is -1.23. The molecule has 0 aromatic carbocycles. The Morgan fingerprint density at radius 1 is 1.22 bits per heavy atom. The molecule has 0 atom stereocenters. The van der Waals surface area contributed by atoms with E-state index in [1.807, 2.05) is 0 Å². The Hall–Kier alpha value is -1.26. The summed E-state index contributed by atoms with van der Waals surface area (Å²) in [6, 6.07) is -0.0762. The van der Waals surface area contributed by atoms with Crippen LogP contribution in [0, 0.1) is 5.92 Å². The number of carboxylic acids is 1. The number of nitrogens with zero attached hydrogens (tertiary/aromatic N) is 1. The first-order valence-corrected chi connectivity index (χ1v) is 6.52. The number of amides is 2. The quantitative estimate of drug-likeness (QED) is 0.812. The fourth-order valence-electron chi connectivity index (χ4n) is 2.20. The number of hydrogen-bond acceptors (Lipinski definition) is 2. The van der Waals surface area contributed by atoms with Gasteiger partial charge in [-0.1, -0.05) is 6.92 Å². The Labute approximate surface area is 109 Å². The van der Waals surface area contributed by atoms with E-state index in [0.717, 1.165) is 31.6 Å². The van der Waals surface area contributed by atoms with Crippen LogP contribution >= 0.6 is 0 Å². The van der Waals surface area contributed by atoms with Gasteiger partial charge in [-0.05, 0) is 45.4 Å². The summed E-state index contributed by atoms with van der Waals surface area (Å²) in [7, 11) is 1.74. The fourth-order valence-corrected chi connectivity index (χ4v) is 2.20. The van der Waals surface area contributed by atoms with Crippen LogP contribution < -0.4 is 5.32 Å². The molecule has 0 aromatic heterocycles. The van der Waals surface area contributed by atoms with E-state index in [9.17, 15) is 9.59 Å². The van der Waals surface area contributed by atoms with Gasteiger partial charge in [0, 0.05) is 13.1 Å². The van der Waals surface area contributed by atoms with E-state index in [0.29, 0.717) is 0 Å². The molecule has 1 aliphatic rings. The van der Waals surface area contributed by atoms with Crippen LogP contribution in [0.1, 0.15) is 46.5 Å². The topological polar surface area (TPSA) is 69.6 Å². The number of rotatable bonds is 3. The molecule has 104 valence electrons. The van der Waals surface area contributed by atoms with Crippen LogP contribution in [0.4, 0.5) is 4.79 Å². The first kappa shape index (κ1) is 14.8. The van der Waals surface area contributed by atoms with Crippen LogP contribution in [0.25, 0.3) is 0 Å². The highest BCUT2D eigenvalue weighted by Gasteiger charge is 2.32. The average Bonchev–Trinajstić information content (AvgIpc) is 2.28. The van der Waals surface area contributed by atoms with Crippen molar-refractivity contribution < 1.29 is 14.7 Å². The standard InChI is InChI=1S/C13H24N2O3/c1-9-5-7-10(8-6-9)15(4)12(18)14-13(2,3)11(16)17/h9-10H,5-8H2,1-4H3,(H,14,18)(H,16,17). The van der Waals surface area contributed by atoms with Crippen molar-refractivity contribution >= 4 is 12.0 Å². The summed E-state index contributed by atoms with van der Waals surface area (Å²) in [6.07, 6.45) is 4.26. The van der Waals surface area contributed by atoms with Crippen molar-refractivity contribution in [3.8, 4) is 0 Å². The minimum Gasteiger partial charge on any atom is -0.480 e. The predicted octanol–water partition coefficient (Wildman–Crippen LogP) is 2.07. The average molecular weight is 256 g/mol. The second-order valence-corrected chi connectivity index (χ2v) is 5.88. The summed E-state index contributed by atoms with van der Waals surface area (Å²) in [4.78, 5) is 24.6. The largest absolute Gasteiger partial charge is 0.480 e. The highest BCUT2D eigenvalue weighted by molar-refractivity contribution is 5.85. The van der Waals surface area contributed by atoms with Gasteiger partial charge in [0.15, 0.2) is 0 Å². The van der Waals surface area contributed by atoms with Gasteiger partial charge in [0.2, 0.25) is 0 Å². The number of carbonyl (C=O) groups excluding carboxylic acids is 1. The summed E-state index contributed by atoms with van der Waals surface area (Å²) >= 11 is 0. The monoisotopic (exact) mass is 256 g/mol. The molecular formula is C13H24N2O3. The van der Waals surface area contributed by atoms with Crippen molar-refractivity contribution in [1.29, 1.82) is 0 Å². The van der Waals surface area contributed by atoms with Crippen LogP contribution in [0.15, 0.2) is 0 Å². The minimum atomic E-state index is -1.23. The minimum absolute atomic E-state index is 0.228. The predicted molar refractivity (Wildman–Crippen MR) is 69.4 cm³/mol. The first-order chi connectivity index (χ1) is 8.24. The SMILES string of the molecule is CC1CCC(N(C)C(=O)NC(C)(C)C(=O)O)CC1. The van der Waals surface area contributed by atoms with E-state index in [1.54, 1.807) is 11.9 Å². The third-order valence-corrected chi connectivity index (χ3v) is 3.81. The molecule has 5 nitrogen and oxygen atoms in total. The van der Waals surface area contributed by atoms with Crippen molar-refractivity contribution in [2.45, 2.75) is 58.0 Å². The van der Waals surface area contributed by atoms with E-state index >= 15 is 0 Å². The van der Waals surface area contributed by atoms with Gasteiger partial charge in [0.25, 0.3) is 0 Å². The van der Waals surface area contributed by atoms with Crippen LogP contribution in [0.5, 0.6) is 0 Å². The smallest absolute Gasteiger partial charge is 0.328 e. The second kappa shape index (κ2) is 5.59. The summed E-state index contributed by atoms with van der Waals surface area (Å²) in [5, 5.41) is 11.5. The third kappa shape index (κ3) is 3.62. The third-order valence-electron chi connectivity index (χ3n) is 3.81. The zero-order valence-electron chi connectivity index (χ0n) is 11.7. The van der Waals surface area contributed by atoms with E-state index in [2.05, 4.69) is 12.2 Å². The summed E-state index contributed by atoms with van der Waals surface area (Å²) in [5.74, 6) is -0.297. The van der Waals surface area contributed by atoms with Crippen LogP contribution in [-0.2, 0) is 4.79 Å². The molecule has 0 unspecified atom stereocenters. The van der Waals surface area contributed by atoms with E-state index in [-0.39, 0.29) is 12.1 Å². The molecule has 0 radical (unpaired) electrons. The number of carbonyl (C=O) groups is 2. The molecule has 0 heterocycles. The number of aliphatic carboxylic acids is 1. The molecule has 0 aromatic rings. The first-order valence-electron chi connectivity index (χ1n) is 6.52. The molecule has 1 fully saturated rings. The Balaban J connectivity index is 2.54. The molecule has 5 heteroatoms. The van der Waals surface area contributed by atoms with E-state index in [1.165, 1.54) is 13.8 Å². The van der Waals surface area contributed by atoms with E-state index in [4.69, 9.17) is 5.11 Å². The second-order valence-electron chi connectivity index (χ2n) is 5.88. The number of hydrogen-bond donors (Lipinski definition) is 2. The zero-order chi connectivity index (χ0) is 13.9. The maximum atomic E-state index is 12.0. The van der Waals surface area contributed by atoms with Crippen molar-refractivity contribution in [3.05, 3.63) is 0 Å². The normalized spacial score (nSPS) is 24.4. The van der Waals surface area contributed by atoms with Gasteiger partial charge in [-0.2, -0.15) is 0 Å². The van der Waals surface area contributed by atoms with Crippen molar-refractivity contribution in [2.24, 2.45) is 5.92 Å². The molecule has 0 bridgehead atoms. The van der Waals surface area contributed by atoms with Crippen molar-refractivity contribution in [1.82, 2.24) is 10.2 Å². The van der Waals surface area contributed by atoms with Gasteiger partial charge in [-0.25, -0.2) is 9.59 Å². The van der Waals surface area contributed by atoms with Crippen molar-refractivity contribution in [2.75, 3.05) is 7.05 Å². The Bertz CT molecular complexity index is 320. The molecule has 2 amide bonds. The number of urea groups is 1. The zero-order valence-corrected chi connectivity index (χ0v) is 11.7. The molecule has 0 spiro atoms. The van der Waals surface area contributed by atoms with Gasteiger partial charge >= 0.3 is 12.0 Å². The highest BCUT2D eigenvalue weighted by Crippen LogP contribution is 2.26. The molecule has 0 aliphatic heterocycles. The summed E-state index contributed by atoms with van der Waals surface area (Å²) < 4.78 is 0. The maximum Gasteiger partial charge on any atom is 0.328 e. The number of nitrogens with one attached hydrogen (secondary N) is 1. The maximum absolute atomic E-state index is 12.0. The molecule has 1 rings (SSSR count). The molecule has 0 saturated heterocycles. The Morgan fingerprint density at radius 3 is 2.17 bits per heavy atom.